The van der Waals surface area contributed by atoms with E-state index in [2.05, 4.69) is 11.9 Å². The largest absolute Gasteiger partial charge is 0.490 e. The van der Waals surface area contributed by atoms with Crippen molar-refractivity contribution in [2.24, 2.45) is 0 Å². The Morgan fingerprint density at radius 3 is 2.62 bits per heavy atom. The molecule has 1 saturated carbocycles. The van der Waals surface area contributed by atoms with Gasteiger partial charge >= 0.3 is 0 Å². The van der Waals surface area contributed by atoms with Crippen molar-refractivity contribution < 1.29 is 14.3 Å². The van der Waals surface area contributed by atoms with E-state index >= 15 is 0 Å². The van der Waals surface area contributed by atoms with Crippen LogP contribution in [-0.4, -0.2) is 18.6 Å². The van der Waals surface area contributed by atoms with Gasteiger partial charge in [0, 0.05) is 11.6 Å². The van der Waals surface area contributed by atoms with Crippen molar-refractivity contribution in [2.45, 2.75) is 51.7 Å². The Bertz CT molecular complexity index is 1000. The van der Waals surface area contributed by atoms with Gasteiger partial charge in [0.15, 0.2) is 11.5 Å². The zero-order chi connectivity index (χ0) is 22.8. The SMILES string of the molecule is C=CCc1cc(/C=C(/C#N)C(=O)NC2CCCC2)cc(OCC)c1OCc1ccccc1. The van der Waals surface area contributed by atoms with Gasteiger partial charge in [-0.3, -0.25) is 4.79 Å². The normalized spacial score (nSPS) is 13.9. The molecule has 1 N–H and O–H groups in total. The second kappa shape index (κ2) is 11.8. The van der Waals surface area contributed by atoms with Crippen molar-refractivity contribution in [3.8, 4) is 17.6 Å². The summed E-state index contributed by atoms with van der Waals surface area (Å²) in [4.78, 5) is 12.6. The fraction of sp³-hybridized carbons (Fsp3) is 0.333. The highest BCUT2D eigenvalue weighted by atomic mass is 16.5. The third-order valence-electron chi connectivity index (χ3n) is 5.41. The third-order valence-corrected chi connectivity index (χ3v) is 5.41. The van der Waals surface area contributed by atoms with Crippen molar-refractivity contribution in [3.63, 3.8) is 0 Å². The average Bonchev–Trinajstić information content (AvgIpc) is 3.31. The Morgan fingerprint density at radius 2 is 1.97 bits per heavy atom. The molecule has 0 heterocycles. The van der Waals surface area contributed by atoms with Gasteiger partial charge in [0.05, 0.1) is 6.61 Å². The first-order chi connectivity index (χ1) is 15.6. The molecule has 32 heavy (non-hydrogen) atoms. The molecule has 5 nitrogen and oxygen atoms in total. The maximum atomic E-state index is 12.6. The molecule has 1 aliphatic carbocycles. The van der Waals surface area contributed by atoms with E-state index in [0.29, 0.717) is 31.1 Å². The number of nitrogens with zero attached hydrogens (tertiary/aromatic N) is 1. The van der Waals surface area contributed by atoms with E-state index in [1.807, 2.05) is 55.5 Å². The molecular weight excluding hydrogens is 400 g/mol. The van der Waals surface area contributed by atoms with Gasteiger partial charge < -0.3 is 14.8 Å². The van der Waals surface area contributed by atoms with E-state index < -0.39 is 0 Å². The lowest BCUT2D eigenvalue weighted by Gasteiger charge is -2.17. The quantitative estimate of drug-likeness (QED) is 0.313. The summed E-state index contributed by atoms with van der Waals surface area (Å²) in [7, 11) is 0. The van der Waals surface area contributed by atoms with Crippen LogP contribution in [0.2, 0.25) is 0 Å². The van der Waals surface area contributed by atoms with Crippen LogP contribution in [0.15, 0.2) is 60.7 Å². The number of benzene rings is 2. The highest BCUT2D eigenvalue weighted by Gasteiger charge is 2.20. The van der Waals surface area contributed by atoms with Gasteiger partial charge in [-0.2, -0.15) is 5.26 Å². The number of amides is 1. The van der Waals surface area contributed by atoms with Gasteiger partial charge in [-0.15, -0.1) is 6.58 Å². The number of rotatable bonds is 10. The van der Waals surface area contributed by atoms with E-state index in [1.54, 1.807) is 12.2 Å². The Balaban J connectivity index is 1.89. The summed E-state index contributed by atoms with van der Waals surface area (Å²) in [5.41, 5.74) is 2.75. The fourth-order valence-corrected chi connectivity index (χ4v) is 3.88. The first kappa shape index (κ1) is 23.1. The van der Waals surface area contributed by atoms with Crippen molar-refractivity contribution in [2.75, 3.05) is 6.61 Å². The van der Waals surface area contributed by atoms with Crippen LogP contribution in [0.3, 0.4) is 0 Å². The lowest BCUT2D eigenvalue weighted by atomic mass is 10.0. The van der Waals surface area contributed by atoms with Crippen LogP contribution in [0.5, 0.6) is 11.5 Å². The van der Waals surface area contributed by atoms with E-state index in [9.17, 15) is 10.1 Å². The minimum atomic E-state index is -0.327. The predicted octanol–water partition coefficient (Wildman–Crippen LogP) is 5.36. The second-order valence-corrected chi connectivity index (χ2v) is 7.83. The van der Waals surface area contributed by atoms with Crippen LogP contribution in [0, 0.1) is 11.3 Å². The molecule has 0 bridgehead atoms. The number of carbonyl (C=O) groups is 1. The second-order valence-electron chi connectivity index (χ2n) is 7.83. The molecule has 1 amide bonds. The zero-order valence-electron chi connectivity index (χ0n) is 18.6. The van der Waals surface area contributed by atoms with E-state index in [1.165, 1.54) is 0 Å². The summed E-state index contributed by atoms with van der Waals surface area (Å²) >= 11 is 0. The molecule has 1 aliphatic rings. The molecule has 5 heteroatoms. The first-order valence-corrected chi connectivity index (χ1v) is 11.1. The average molecular weight is 431 g/mol. The van der Waals surface area contributed by atoms with E-state index in [4.69, 9.17) is 9.47 Å². The summed E-state index contributed by atoms with van der Waals surface area (Å²) in [5, 5.41) is 12.6. The van der Waals surface area contributed by atoms with E-state index in [-0.39, 0.29) is 17.5 Å². The van der Waals surface area contributed by atoms with Gasteiger partial charge in [-0.1, -0.05) is 49.2 Å². The van der Waals surface area contributed by atoms with Crippen LogP contribution in [0.4, 0.5) is 0 Å². The first-order valence-electron chi connectivity index (χ1n) is 11.1. The number of hydrogen-bond acceptors (Lipinski definition) is 4. The Kier molecular flexibility index (Phi) is 8.51. The molecule has 3 rings (SSSR count). The molecule has 2 aromatic carbocycles. The van der Waals surface area contributed by atoms with Crippen molar-refractivity contribution in [1.82, 2.24) is 5.32 Å². The molecule has 0 unspecified atom stereocenters. The third kappa shape index (κ3) is 6.24. The molecule has 0 atom stereocenters. The highest BCUT2D eigenvalue weighted by Crippen LogP contribution is 2.35. The minimum absolute atomic E-state index is 0.0851. The van der Waals surface area contributed by atoms with Gasteiger partial charge in [-0.05, 0) is 55.5 Å². The van der Waals surface area contributed by atoms with Crippen molar-refractivity contribution >= 4 is 12.0 Å². The molecule has 0 saturated heterocycles. The van der Waals surface area contributed by atoms with Gasteiger partial charge in [0.25, 0.3) is 5.91 Å². The fourth-order valence-electron chi connectivity index (χ4n) is 3.88. The molecule has 1 fully saturated rings. The van der Waals surface area contributed by atoms with E-state index in [0.717, 1.165) is 42.4 Å². The smallest absolute Gasteiger partial charge is 0.262 e. The summed E-state index contributed by atoms with van der Waals surface area (Å²) in [6, 6.07) is 15.9. The monoisotopic (exact) mass is 430 g/mol. The molecule has 0 aromatic heterocycles. The van der Waals surface area contributed by atoms with Crippen LogP contribution in [-0.2, 0) is 17.8 Å². The predicted molar refractivity (Wildman–Crippen MR) is 126 cm³/mol. The van der Waals surface area contributed by atoms with Crippen molar-refractivity contribution in [3.05, 3.63) is 77.4 Å². The van der Waals surface area contributed by atoms with Crippen LogP contribution in [0.1, 0.15) is 49.3 Å². The number of carbonyl (C=O) groups excluding carboxylic acids is 1. The zero-order valence-corrected chi connectivity index (χ0v) is 18.6. The number of ether oxygens (including phenoxy) is 2. The maximum Gasteiger partial charge on any atom is 0.262 e. The topological polar surface area (TPSA) is 71.4 Å². The Hall–Kier alpha value is -3.52. The van der Waals surface area contributed by atoms with Gasteiger partial charge in [0.2, 0.25) is 0 Å². The molecular formula is C27H30N2O3. The minimum Gasteiger partial charge on any atom is -0.490 e. The lowest BCUT2D eigenvalue weighted by Crippen LogP contribution is -2.33. The van der Waals surface area contributed by atoms with Crippen LogP contribution < -0.4 is 14.8 Å². The van der Waals surface area contributed by atoms with Crippen molar-refractivity contribution in [1.29, 1.82) is 5.26 Å². The number of nitrogens with one attached hydrogen (secondary N) is 1. The van der Waals surface area contributed by atoms with Crippen LogP contribution in [0.25, 0.3) is 6.08 Å². The summed E-state index contributed by atoms with van der Waals surface area (Å²) in [6.45, 7) is 6.64. The number of hydrogen-bond donors (Lipinski definition) is 1. The maximum absolute atomic E-state index is 12.6. The Labute approximate surface area is 190 Å². The van der Waals surface area contributed by atoms with Crippen LogP contribution >= 0.6 is 0 Å². The molecule has 0 aliphatic heterocycles. The standard InChI is InChI=1S/C27H30N2O3/c1-3-10-22-15-21(16-23(18-28)27(30)29-24-13-8-9-14-24)17-25(31-4-2)26(22)32-19-20-11-6-5-7-12-20/h3,5-7,11-12,15-17,24H,1,4,8-10,13-14,19H2,2H3,(H,29,30)/b23-16-. The molecule has 166 valence electrons. The summed E-state index contributed by atoms with van der Waals surface area (Å²) < 4.78 is 12.0. The Morgan fingerprint density at radius 1 is 1.22 bits per heavy atom. The summed E-state index contributed by atoms with van der Waals surface area (Å²) in [5.74, 6) is 0.913. The number of nitriles is 1. The van der Waals surface area contributed by atoms with Gasteiger partial charge in [-0.25, -0.2) is 0 Å². The molecule has 2 aromatic rings. The molecule has 0 spiro atoms. The van der Waals surface area contributed by atoms with Gasteiger partial charge in [0.1, 0.15) is 18.2 Å². The lowest BCUT2D eigenvalue weighted by molar-refractivity contribution is -0.117. The molecule has 0 radical (unpaired) electrons. The number of allylic oxidation sites excluding steroid dienone is 1. The highest BCUT2D eigenvalue weighted by molar-refractivity contribution is 6.01. The summed E-state index contributed by atoms with van der Waals surface area (Å²) in [6.07, 6.45) is 8.15.